The Morgan fingerprint density at radius 1 is 0.516 bits per heavy atom. The summed E-state index contributed by atoms with van der Waals surface area (Å²) < 4.78 is 19.2. The van der Waals surface area contributed by atoms with E-state index >= 15 is 0 Å². The van der Waals surface area contributed by atoms with Gasteiger partial charge in [-0.3, -0.25) is 9.68 Å². The fourth-order valence-corrected chi connectivity index (χ4v) is 6.53. The fraction of sp³-hybridized carbons (Fsp3) is 0.160. The average molecular weight is 827 g/mol. The third-order valence-electron chi connectivity index (χ3n) is 9.28. The molecule has 5 aromatic carbocycles. The summed E-state index contributed by atoms with van der Waals surface area (Å²) in [5.74, 6) is 2.50. The van der Waals surface area contributed by atoms with Gasteiger partial charge in [-0.1, -0.05) is 91.0 Å². The fourth-order valence-electron chi connectivity index (χ4n) is 6.53. The zero-order chi connectivity index (χ0) is 43.8. The summed E-state index contributed by atoms with van der Waals surface area (Å²) in [5, 5.41) is 38.8. The van der Waals surface area contributed by atoms with Gasteiger partial charge in [0.2, 0.25) is 12.4 Å². The van der Waals surface area contributed by atoms with E-state index in [1.165, 1.54) is 16.7 Å². The molecule has 312 valence electrons. The van der Waals surface area contributed by atoms with Crippen molar-refractivity contribution in [1.29, 1.82) is 10.5 Å². The number of hydrogen-bond acceptors (Lipinski definition) is 9. The van der Waals surface area contributed by atoms with Gasteiger partial charge < -0.3 is 24.2 Å². The van der Waals surface area contributed by atoms with Gasteiger partial charge in [0.1, 0.15) is 11.5 Å². The zero-order valence-electron chi connectivity index (χ0n) is 34.7. The van der Waals surface area contributed by atoms with E-state index in [0.717, 1.165) is 6.42 Å². The van der Waals surface area contributed by atoms with Crippen LogP contribution in [0, 0.1) is 22.7 Å². The summed E-state index contributed by atoms with van der Waals surface area (Å²) in [7, 11) is -2.23. The summed E-state index contributed by atoms with van der Waals surface area (Å²) in [4.78, 5) is 10.8. The molecule has 11 nitrogen and oxygen atoms in total. The van der Waals surface area contributed by atoms with Gasteiger partial charge in [-0.05, 0) is 104 Å². The molecule has 2 heterocycles. The van der Waals surface area contributed by atoms with E-state index in [4.69, 9.17) is 34.3 Å². The van der Waals surface area contributed by atoms with Crippen molar-refractivity contribution in [3.05, 3.63) is 216 Å². The molecule has 0 spiro atoms. The highest BCUT2D eigenvalue weighted by molar-refractivity contribution is 6.28. The minimum Gasteiger partial charge on any atom is -0.871 e. The Morgan fingerprint density at radius 2 is 0.887 bits per heavy atom. The Morgan fingerprint density at radius 3 is 1.23 bits per heavy atom. The maximum absolute atomic E-state index is 10.7. The van der Waals surface area contributed by atoms with Gasteiger partial charge in [0.25, 0.3) is 0 Å². The smallest absolute Gasteiger partial charge is 0.422 e. The van der Waals surface area contributed by atoms with Crippen molar-refractivity contribution >= 4 is 7.32 Å². The van der Waals surface area contributed by atoms with Crippen molar-refractivity contribution in [2.75, 3.05) is 19.8 Å². The molecule has 0 fully saturated rings. The first-order valence-electron chi connectivity index (χ1n) is 20.1. The van der Waals surface area contributed by atoms with Crippen LogP contribution >= 0.6 is 0 Å². The second kappa shape index (κ2) is 24.6. The molecular formula is C50H47BN4O7. The van der Waals surface area contributed by atoms with E-state index in [1.807, 2.05) is 105 Å². The molecule has 0 amide bonds. The van der Waals surface area contributed by atoms with Crippen molar-refractivity contribution in [2.24, 2.45) is 0 Å². The number of benzene rings is 5. The molecule has 62 heavy (non-hydrogen) atoms. The van der Waals surface area contributed by atoms with Crippen molar-refractivity contribution in [2.45, 2.75) is 32.1 Å². The first kappa shape index (κ1) is 45.6. The molecule has 0 N–H and O–H groups in total. The number of hydrogen-bond donors (Lipinski definition) is 0. The number of rotatable bonds is 16. The van der Waals surface area contributed by atoms with E-state index in [1.54, 1.807) is 70.4 Å². The quantitative estimate of drug-likeness (QED) is 0.0450. The lowest BCUT2D eigenvalue weighted by molar-refractivity contribution is -0.892. The van der Waals surface area contributed by atoms with Crippen molar-refractivity contribution < 1.29 is 43.3 Å². The molecule has 0 saturated heterocycles. The number of pyridine rings is 2. The molecule has 12 heteroatoms. The van der Waals surface area contributed by atoms with E-state index in [0.29, 0.717) is 54.0 Å². The molecule has 7 rings (SSSR count). The molecule has 0 saturated carbocycles. The van der Waals surface area contributed by atoms with Crippen LogP contribution in [0.5, 0.6) is 23.3 Å². The van der Waals surface area contributed by atoms with E-state index < -0.39 is 7.32 Å². The monoisotopic (exact) mass is 826 g/mol. The Hall–Kier alpha value is -7.48. The largest absolute Gasteiger partial charge is 0.871 e. The number of aromatic nitrogens is 2. The molecular weight excluding hydrogens is 779 g/mol. The van der Waals surface area contributed by atoms with Gasteiger partial charge in [0.05, 0.1) is 42.7 Å². The summed E-state index contributed by atoms with van der Waals surface area (Å²) >= 11 is 0. The molecule has 0 aliphatic heterocycles. The van der Waals surface area contributed by atoms with E-state index in [-0.39, 0.29) is 12.0 Å². The van der Waals surface area contributed by atoms with Crippen LogP contribution in [-0.2, 0) is 10.1 Å². The first-order valence-corrected chi connectivity index (χ1v) is 20.1. The standard InChI is InChI=1S/C22H21BO3.2C14H13N2O2/c24-23(25)26-18-10-17-22(19-11-4-1-5-12-19,20-13-6-2-7-14-20)21-15-8-3-9-16-21;2*1-2-17-16-10-4-3-5-14(16)18-13-8-6-12(11-15)7-9-13/h1-9,11-16H,10,17-18H2;2*3-10H,2H2,1H3/q-2;2*+1. The third-order valence-corrected chi connectivity index (χ3v) is 9.28. The first-order chi connectivity index (χ1) is 30.4. The maximum Gasteiger partial charge on any atom is 0.422 e. The molecule has 0 unspecified atom stereocenters. The Kier molecular flexibility index (Phi) is 18.1. The van der Waals surface area contributed by atoms with Gasteiger partial charge in [0.15, 0.2) is 13.2 Å². The Balaban J connectivity index is 0.000000181. The highest BCUT2D eigenvalue weighted by atomic mass is 16.7. The minimum absolute atomic E-state index is 0.159. The summed E-state index contributed by atoms with van der Waals surface area (Å²) in [5.41, 5.74) is 4.38. The normalized spacial score (nSPS) is 10.3. The Labute approximate surface area is 363 Å². The summed E-state index contributed by atoms with van der Waals surface area (Å²) in [6, 6.07) is 60.1. The van der Waals surface area contributed by atoms with Crippen molar-refractivity contribution in [3.8, 4) is 35.4 Å². The van der Waals surface area contributed by atoms with Crippen LogP contribution in [0.25, 0.3) is 0 Å². The van der Waals surface area contributed by atoms with Gasteiger partial charge >= 0.3 is 11.8 Å². The van der Waals surface area contributed by atoms with Crippen molar-refractivity contribution in [1.82, 2.24) is 0 Å². The van der Waals surface area contributed by atoms with E-state index in [2.05, 4.69) is 48.5 Å². The zero-order valence-corrected chi connectivity index (χ0v) is 34.7. The second-order valence-corrected chi connectivity index (χ2v) is 13.3. The predicted molar refractivity (Wildman–Crippen MR) is 230 cm³/mol. The van der Waals surface area contributed by atoms with E-state index in [9.17, 15) is 10.0 Å². The summed E-state index contributed by atoms with van der Waals surface area (Å²) in [6.07, 6.45) is 4.91. The van der Waals surface area contributed by atoms with Crippen LogP contribution in [0.3, 0.4) is 0 Å². The number of nitriles is 2. The average Bonchev–Trinajstić information content (AvgIpc) is 3.32. The molecule has 0 bridgehead atoms. The van der Waals surface area contributed by atoms with Crippen LogP contribution in [0.2, 0.25) is 0 Å². The minimum atomic E-state index is -2.23. The lowest BCUT2D eigenvalue weighted by Gasteiger charge is -2.37. The number of ether oxygens (including phenoxy) is 2. The van der Waals surface area contributed by atoms with Crippen LogP contribution in [0.4, 0.5) is 0 Å². The van der Waals surface area contributed by atoms with Gasteiger partial charge in [-0.25, -0.2) is 0 Å². The molecule has 0 aliphatic carbocycles. The molecule has 0 atom stereocenters. The SMILES string of the molecule is CCO[n+]1ccccc1Oc1ccc(C#N)cc1.CCO[n+]1ccccc1Oc1ccc(C#N)cc1.[O-]B([O-])OCCCC(c1ccccc1)(c1ccccc1)c1ccccc1. The molecule has 0 radical (unpaired) electrons. The molecule has 7 aromatic rings. The summed E-state index contributed by atoms with van der Waals surface area (Å²) in [6.45, 7) is 5.08. The topological polar surface area (TPSA) is 148 Å². The lowest BCUT2D eigenvalue weighted by atomic mass is 9.67. The Bertz CT molecular complexity index is 2240. The highest BCUT2D eigenvalue weighted by Crippen LogP contribution is 2.43. The third kappa shape index (κ3) is 13.3. The van der Waals surface area contributed by atoms with Crippen LogP contribution in [-0.4, -0.2) is 27.1 Å². The van der Waals surface area contributed by atoms with Crippen LogP contribution in [0.15, 0.2) is 188 Å². The second-order valence-electron chi connectivity index (χ2n) is 13.3. The molecule has 0 aliphatic rings. The predicted octanol–water partition coefficient (Wildman–Crippen LogP) is 6.70. The van der Waals surface area contributed by atoms with Gasteiger partial charge in [-0.2, -0.15) is 10.5 Å². The van der Waals surface area contributed by atoms with Gasteiger partial charge in [-0.15, -0.1) is 0 Å². The highest BCUT2D eigenvalue weighted by Gasteiger charge is 2.35. The van der Waals surface area contributed by atoms with Crippen LogP contribution in [0.1, 0.15) is 54.5 Å². The lowest BCUT2D eigenvalue weighted by Crippen LogP contribution is -2.48. The maximum atomic E-state index is 10.7. The number of nitrogens with zero attached hydrogens (tertiary/aromatic N) is 4. The van der Waals surface area contributed by atoms with Crippen LogP contribution < -0.4 is 38.7 Å². The molecule has 2 aromatic heterocycles. The van der Waals surface area contributed by atoms with Gasteiger partial charge in [0, 0.05) is 33.6 Å². The van der Waals surface area contributed by atoms with Crippen molar-refractivity contribution in [3.63, 3.8) is 0 Å².